The Bertz CT molecular complexity index is 1290. The Labute approximate surface area is 165 Å². The molecule has 0 fully saturated rings. The minimum absolute atomic E-state index is 0.0838. The van der Waals surface area contributed by atoms with Crippen LogP contribution in [0.5, 0.6) is 0 Å². The number of hydrogen-bond donors (Lipinski definition) is 2. The monoisotopic (exact) mass is 418 g/mol. The number of aromatic nitrogens is 2. The summed E-state index contributed by atoms with van der Waals surface area (Å²) in [6.07, 6.45) is 1.27. The summed E-state index contributed by atoms with van der Waals surface area (Å²) in [7, 11) is 0. The lowest BCUT2D eigenvalue weighted by Gasteiger charge is -2.10. The first-order valence-electron chi connectivity index (χ1n) is 8.42. The molecule has 0 unspecified atom stereocenters. The highest BCUT2D eigenvalue weighted by Gasteiger charge is 2.30. The molecular weight excluding hydrogens is 407 g/mol. The molecule has 4 rings (SSSR count). The number of benzene rings is 2. The number of imidazole rings is 1. The summed E-state index contributed by atoms with van der Waals surface area (Å²) in [6.45, 7) is 0. The fourth-order valence-electron chi connectivity index (χ4n) is 3.14. The molecule has 2 heterocycles. The van der Waals surface area contributed by atoms with Gasteiger partial charge in [-0.1, -0.05) is 35.5 Å². The van der Waals surface area contributed by atoms with Crippen LogP contribution in [-0.4, -0.2) is 20.3 Å². The summed E-state index contributed by atoms with van der Waals surface area (Å²) in [5.74, 6) is -11.0. The van der Waals surface area contributed by atoms with E-state index < -0.39 is 46.2 Å². The maximum absolute atomic E-state index is 14.4. The molecule has 0 amide bonds. The second-order valence-corrected chi connectivity index (χ2v) is 6.25. The molecule has 0 aliphatic heterocycles. The summed E-state index contributed by atoms with van der Waals surface area (Å²) in [4.78, 5) is 3.92. The molecular formula is C20H11F5N4O. The van der Waals surface area contributed by atoms with E-state index in [0.29, 0.717) is 5.56 Å². The van der Waals surface area contributed by atoms with Crippen LogP contribution in [0, 0.1) is 29.1 Å². The molecule has 4 aromatic rings. The maximum atomic E-state index is 14.4. The van der Waals surface area contributed by atoms with Gasteiger partial charge in [0.1, 0.15) is 17.1 Å². The lowest BCUT2D eigenvalue weighted by Crippen LogP contribution is -2.08. The number of pyridine rings is 1. The first-order valence-corrected chi connectivity index (χ1v) is 8.42. The number of nitrogens with zero attached hydrogens (tertiary/aromatic N) is 3. The number of oxime groups is 1. The van der Waals surface area contributed by atoms with Crippen LogP contribution in [0.3, 0.4) is 0 Å². The molecule has 0 saturated carbocycles. The molecule has 2 aromatic heterocycles. The van der Waals surface area contributed by atoms with Crippen LogP contribution in [0.15, 0.2) is 53.8 Å². The quantitative estimate of drug-likeness (QED) is 0.128. The normalized spacial score (nSPS) is 12.0. The third kappa shape index (κ3) is 2.84. The van der Waals surface area contributed by atoms with Crippen LogP contribution in [0.1, 0.15) is 11.1 Å². The molecule has 3 N–H and O–H groups in total. The molecule has 2 aromatic carbocycles. The second-order valence-electron chi connectivity index (χ2n) is 6.25. The number of anilines is 1. The fraction of sp³-hybridized carbons (Fsp3) is 0. The molecule has 0 atom stereocenters. The van der Waals surface area contributed by atoms with Crippen molar-refractivity contribution in [3.05, 3.63) is 88.9 Å². The Morgan fingerprint density at radius 3 is 2.03 bits per heavy atom. The van der Waals surface area contributed by atoms with Crippen molar-refractivity contribution in [2.75, 3.05) is 5.73 Å². The van der Waals surface area contributed by atoms with Gasteiger partial charge < -0.3 is 10.9 Å². The van der Waals surface area contributed by atoms with Crippen molar-refractivity contribution in [3.63, 3.8) is 0 Å². The standard InChI is InChI=1S/C20H11F5N4O/c21-13-12(14(22)16(24)17(25)15(13)23)19-20(26)27-11-7-6-10(8-29(11)19)18(28-30)9-4-2-1-3-5-9/h1-8,30H,26H2/b28-18+. The average Bonchev–Trinajstić information content (AvgIpc) is 3.08. The van der Waals surface area contributed by atoms with Crippen LogP contribution in [0.4, 0.5) is 27.8 Å². The Morgan fingerprint density at radius 2 is 1.43 bits per heavy atom. The van der Waals surface area contributed by atoms with Crippen molar-refractivity contribution >= 4 is 17.2 Å². The molecule has 10 heteroatoms. The lowest BCUT2D eigenvalue weighted by atomic mass is 10.0. The molecule has 0 spiro atoms. The predicted octanol–water partition coefficient (Wildman–Crippen LogP) is 4.51. The van der Waals surface area contributed by atoms with E-state index in [2.05, 4.69) is 10.1 Å². The van der Waals surface area contributed by atoms with Crippen molar-refractivity contribution in [2.45, 2.75) is 0 Å². The second kappa shape index (κ2) is 7.14. The lowest BCUT2D eigenvalue weighted by molar-refractivity contribution is 0.319. The van der Waals surface area contributed by atoms with Gasteiger partial charge in [0.2, 0.25) is 5.82 Å². The third-order valence-electron chi connectivity index (χ3n) is 4.51. The van der Waals surface area contributed by atoms with Crippen molar-refractivity contribution in [2.24, 2.45) is 5.16 Å². The summed E-state index contributed by atoms with van der Waals surface area (Å²) >= 11 is 0. The number of fused-ring (bicyclic) bond motifs is 1. The first-order chi connectivity index (χ1) is 14.3. The number of halogens is 5. The van der Waals surface area contributed by atoms with Gasteiger partial charge in [0.05, 0.1) is 5.56 Å². The highest BCUT2D eigenvalue weighted by atomic mass is 19.2. The van der Waals surface area contributed by atoms with Crippen molar-refractivity contribution in [3.8, 4) is 11.3 Å². The maximum Gasteiger partial charge on any atom is 0.200 e. The van der Waals surface area contributed by atoms with Crippen molar-refractivity contribution in [1.29, 1.82) is 0 Å². The fourth-order valence-corrected chi connectivity index (χ4v) is 3.14. The van der Waals surface area contributed by atoms with Gasteiger partial charge in [-0.25, -0.2) is 26.9 Å². The minimum atomic E-state index is -2.28. The van der Waals surface area contributed by atoms with Gasteiger partial charge in [-0.15, -0.1) is 0 Å². The smallest absolute Gasteiger partial charge is 0.200 e. The number of hydrogen-bond acceptors (Lipinski definition) is 4. The van der Waals surface area contributed by atoms with E-state index in [4.69, 9.17) is 5.73 Å². The Balaban J connectivity index is 2.00. The van der Waals surface area contributed by atoms with Crippen LogP contribution >= 0.6 is 0 Å². The van der Waals surface area contributed by atoms with E-state index in [1.165, 1.54) is 18.3 Å². The molecule has 0 aliphatic rings. The van der Waals surface area contributed by atoms with Crippen LogP contribution in [0.25, 0.3) is 16.9 Å². The average molecular weight is 418 g/mol. The van der Waals surface area contributed by atoms with E-state index in [1.54, 1.807) is 30.3 Å². The third-order valence-corrected chi connectivity index (χ3v) is 4.51. The summed E-state index contributed by atoms with van der Waals surface area (Å²) in [5, 5.41) is 12.7. The highest BCUT2D eigenvalue weighted by Crippen LogP contribution is 2.35. The summed E-state index contributed by atoms with van der Waals surface area (Å²) in [5.41, 5.74) is 5.00. The topological polar surface area (TPSA) is 75.9 Å². The van der Waals surface area contributed by atoms with E-state index >= 15 is 0 Å². The Kier molecular flexibility index (Phi) is 4.61. The highest BCUT2D eigenvalue weighted by molar-refractivity contribution is 6.12. The zero-order valence-corrected chi connectivity index (χ0v) is 14.9. The molecule has 0 aliphatic carbocycles. The molecule has 0 radical (unpaired) electrons. The van der Waals surface area contributed by atoms with Gasteiger partial charge in [0.15, 0.2) is 29.1 Å². The Morgan fingerprint density at radius 1 is 0.833 bits per heavy atom. The van der Waals surface area contributed by atoms with Gasteiger partial charge in [-0.3, -0.25) is 4.40 Å². The summed E-state index contributed by atoms with van der Waals surface area (Å²) in [6, 6.07) is 11.4. The van der Waals surface area contributed by atoms with E-state index in [-0.39, 0.29) is 16.9 Å². The van der Waals surface area contributed by atoms with E-state index in [0.717, 1.165) is 4.40 Å². The predicted molar refractivity (Wildman–Crippen MR) is 98.7 cm³/mol. The molecule has 30 heavy (non-hydrogen) atoms. The van der Waals surface area contributed by atoms with Gasteiger partial charge in [0, 0.05) is 17.3 Å². The molecule has 0 saturated heterocycles. The van der Waals surface area contributed by atoms with Gasteiger partial charge in [0.25, 0.3) is 0 Å². The van der Waals surface area contributed by atoms with Crippen molar-refractivity contribution in [1.82, 2.24) is 9.38 Å². The largest absolute Gasteiger partial charge is 0.410 e. The van der Waals surface area contributed by atoms with Crippen LogP contribution in [0.2, 0.25) is 0 Å². The van der Waals surface area contributed by atoms with E-state index in [1.807, 2.05) is 0 Å². The number of rotatable bonds is 3. The molecule has 0 bridgehead atoms. The Hall–Kier alpha value is -3.95. The molecule has 152 valence electrons. The zero-order chi connectivity index (χ0) is 21.6. The van der Waals surface area contributed by atoms with Gasteiger partial charge >= 0.3 is 0 Å². The van der Waals surface area contributed by atoms with Gasteiger partial charge in [-0.05, 0) is 12.1 Å². The van der Waals surface area contributed by atoms with Crippen molar-refractivity contribution < 1.29 is 27.2 Å². The van der Waals surface area contributed by atoms with E-state index in [9.17, 15) is 27.2 Å². The zero-order valence-electron chi connectivity index (χ0n) is 14.9. The van der Waals surface area contributed by atoms with Gasteiger partial charge in [-0.2, -0.15) is 0 Å². The number of nitrogen functional groups attached to an aromatic ring is 1. The van der Waals surface area contributed by atoms with Crippen LogP contribution < -0.4 is 5.73 Å². The minimum Gasteiger partial charge on any atom is -0.410 e. The SMILES string of the molecule is Nc1nc2ccc(/C(=N/O)c3ccccc3)cn2c1-c1c(F)c(F)c(F)c(F)c1F. The number of nitrogens with two attached hydrogens (primary N) is 1. The van der Waals surface area contributed by atoms with Crippen LogP contribution in [-0.2, 0) is 0 Å². The summed E-state index contributed by atoms with van der Waals surface area (Å²) < 4.78 is 70.7. The first kappa shape index (κ1) is 19.4. The molecule has 5 nitrogen and oxygen atoms in total.